The average Bonchev–Trinajstić information content (AvgIpc) is 2.92. The summed E-state index contributed by atoms with van der Waals surface area (Å²) in [6.07, 6.45) is 44.3. The van der Waals surface area contributed by atoms with Crippen molar-refractivity contribution in [1.29, 1.82) is 0 Å². The Morgan fingerprint density at radius 1 is 0.342 bits per heavy atom. The van der Waals surface area contributed by atoms with E-state index < -0.39 is 0 Å². The van der Waals surface area contributed by atoms with Gasteiger partial charge in [-0.25, -0.2) is 0 Å². The number of hydrogen-bond donors (Lipinski definition) is 1. The van der Waals surface area contributed by atoms with Gasteiger partial charge >= 0.3 is 0 Å². The summed E-state index contributed by atoms with van der Waals surface area (Å²) >= 11 is 0. The van der Waals surface area contributed by atoms with Gasteiger partial charge in [0.05, 0.1) is 0 Å². The molecule has 2 N–H and O–H groups in total. The molecule has 0 aromatic heterocycles. The van der Waals surface area contributed by atoms with E-state index in [4.69, 9.17) is 5.73 Å². The summed E-state index contributed by atoms with van der Waals surface area (Å²) in [6.45, 7) is 3.15. The van der Waals surface area contributed by atoms with Crippen LogP contribution in [-0.4, -0.2) is 12.3 Å². The van der Waals surface area contributed by atoms with Crippen LogP contribution in [0.2, 0.25) is 0 Å². The molecule has 0 aromatic rings. The normalized spacial score (nSPS) is 11.4. The van der Waals surface area contributed by atoms with Crippen molar-refractivity contribution in [1.82, 2.24) is 0 Å². The zero-order chi connectivity index (χ0) is 27.6. The Kier molecular flexibility index (Phi) is 34.3. The van der Waals surface area contributed by atoms with Crippen molar-refractivity contribution >= 4 is 5.78 Å². The number of carbonyl (C=O) groups is 1. The minimum Gasteiger partial charge on any atom is -0.330 e. The first kappa shape index (κ1) is 37.6. The number of ketones is 1. The fourth-order valence-electron chi connectivity index (χ4n) is 5.76. The van der Waals surface area contributed by atoms with Crippen molar-refractivity contribution in [3.8, 4) is 0 Å². The Bertz CT molecular complexity index is 435. The summed E-state index contributed by atoms with van der Waals surface area (Å²) < 4.78 is 0. The zero-order valence-corrected chi connectivity index (χ0v) is 26.5. The van der Waals surface area contributed by atoms with Gasteiger partial charge in [0.15, 0.2) is 0 Å². The van der Waals surface area contributed by atoms with Crippen molar-refractivity contribution in [3.63, 3.8) is 0 Å². The van der Waals surface area contributed by atoms with E-state index in [-0.39, 0.29) is 0 Å². The minimum atomic E-state index is 0.523. The van der Waals surface area contributed by atoms with E-state index in [1.54, 1.807) is 0 Å². The summed E-state index contributed by atoms with van der Waals surface area (Å²) in [5.74, 6) is 0.523. The van der Waals surface area contributed by atoms with Crippen LogP contribution in [0, 0.1) is 0 Å². The molecule has 228 valence electrons. The lowest BCUT2D eigenvalue weighted by Gasteiger charge is -2.04. The van der Waals surface area contributed by atoms with Crippen LogP contribution in [0.5, 0.6) is 0 Å². The smallest absolute Gasteiger partial charge is 0.132 e. The van der Waals surface area contributed by atoms with Crippen molar-refractivity contribution in [2.75, 3.05) is 6.54 Å². The van der Waals surface area contributed by atoms with E-state index in [2.05, 4.69) is 6.92 Å². The lowest BCUT2D eigenvalue weighted by molar-refractivity contribution is -0.119. The van der Waals surface area contributed by atoms with E-state index in [0.29, 0.717) is 5.78 Å². The molecule has 0 fully saturated rings. The van der Waals surface area contributed by atoms with Crippen LogP contribution in [0.1, 0.15) is 219 Å². The molecular weight excluding hydrogens is 462 g/mol. The Labute approximate surface area is 241 Å². The number of unbranched alkanes of at least 4 members (excludes halogenated alkanes) is 29. The largest absolute Gasteiger partial charge is 0.330 e. The molecule has 0 atom stereocenters. The molecule has 0 bridgehead atoms. The molecule has 0 rings (SSSR count). The molecule has 0 amide bonds. The lowest BCUT2D eigenvalue weighted by Crippen LogP contribution is -1.97. The Morgan fingerprint density at radius 2 is 0.553 bits per heavy atom. The maximum Gasteiger partial charge on any atom is 0.132 e. The Hall–Kier alpha value is -0.370. The van der Waals surface area contributed by atoms with Gasteiger partial charge in [-0.15, -0.1) is 0 Å². The summed E-state index contributed by atoms with van der Waals surface area (Å²) in [5.41, 5.74) is 5.54. The predicted octanol–water partition coefficient (Wildman–Crippen LogP) is 12.4. The number of hydrogen-bond acceptors (Lipinski definition) is 2. The van der Waals surface area contributed by atoms with Crippen molar-refractivity contribution < 1.29 is 4.79 Å². The van der Waals surface area contributed by atoms with Crippen molar-refractivity contribution in [2.45, 2.75) is 219 Å². The molecule has 0 aromatic carbocycles. The van der Waals surface area contributed by atoms with Gasteiger partial charge in [-0.3, -0.25) is 4.79 Å². The van der Waals surface area contributed by atoms with Gasteiger partial charge in [0.1, 0.15) is 5.78 Å². The highest BCUT2D eigenvalue weighted by atomic mass is 16.1. The van der Waals surface area contributed by atoms with Crippen LogP contribution < -0.4 is 5.73 Å². The second-order valence-corrected chi connectivity index (χ2v) is 12.4. The van der Waals surface area contributed by atoms with Gasteiger partial charge in [-0.05, 0) is 25.8 Å². The fourth-order valence-corrected chi connectivity index (χ4v) is 5.76. The highest BCUT2D eigenvalue weighted by molar-refractivity contribution is 5.78. The van der Waals surface area contributed by atoms with Gasteiger partial charge in [-0.2, -0.15) is 0 Å². The second-order valence-electron chi connectivity index (χ2n) is 12.4. The number of Topliss-reactive ketones (excluding diaryl/α,β-unsaturated/α-hetero) is 1. The molecule has 0 saturated carbocycles. The second kappa shape index (κ2) is 34.7. The molecule has 0 aliphatic heterocycles. The monoisotopic (exact) mass is 536 g/mol. The van der Waals surface area contributed by atoms with Gasteiger partial charge in [-0.1, -0.05) is 187 Å². The van der Waals surface area contributed by atoms with E-state index in [1.807, 2.05) is 0 Å². The average molecular weight is 536 g/mol. The van der Waals surface area contributed by atoms with Crippen LogP contribution in [0.15, 0.2) is 0 Å². The topological polar surface area (TPSA) is 43.1 Å². The third-order valence-electron chi connectivity index (χ3n) is 8.47. The maximum absolute atomic E-state index is 12.1. The lowest BCUT2D eigenvalue weighted by atomic mass is 10.0. The minimum absolute atomic E-state index is 0.523. The fraction of sp³-hybridized carbons (Fsp3) is 0.972. The first-order valence-corrected chi connectivity index (χ1v) is 18.0. The summed E-state index contributed by atoms with van der Waals surface area (Å²) in [6, 6.07) is 0. The van der Waals surface area contributed by atoms with Crippen molar-refractivity contribution in [2.24, 2.45) is 5.73 Å². The first-order chi connectivity index (χ1) is 18.8. The number of nitrogens with two attached hydrogens (primary N) is 1. The number of rotatable bonds is 34. The highest BCUT2D eigenvalue weighted by Crippen LogP contribution is 2.16. The van der Waals surface area contributed by atoms with Crippen LogP contribution in [0.25, 0.3) is 0 Å². The Balaban J connectivity index is 3.14. The molecule has 0 radical (unpaired) electrons. The van der Waals surface area contributed by atoms with Crippen LogP contribution in [0.3, 0.4) is 0 Å². The molecule has 0 unspecified atom stereocenters. The van der Waals surface area contributed by atoms with Crippen LogP contribution >= 0.6 is 0 Å². The summed E-state index contributed by atoms with van der Waals surface area (Å²) in [4.78, 5) is 12.1. The molecule has 0 aliphatic carbocycles. The number of carbonyl (C=O) groups excluding carboxylic acids is 1. The third-order valence-corrected chi connectivity index (χ3v) is 8.47. The van der Waals surface area contributed by atoms with Crippen LogP contribution in [0.4, 0.5) is 0 Å². The quantitative estimate of drug-likeness (QED) is 0.0832. The van der Waals surface area contributed by atoms with Crippen molar-refractivity contribution in [3.05, 3.63) is 0 Å². The molecule has 38 heavy (non-hydrogen) atoms. The Morgan fingerprint density at radius 3 is 0.789 bits per heavy atom. The van der Waals surface area contributed by atoms with E-state index >= 15 is 0 Å². The maximum atomic E-state index is 12.1. The van der Waals surface area contributed by atoms with Crippen LogP contribution in [-0.2, 0) is 4.79 Å². The van der Waals surface area contributed by atoms with Gasteiger partial charge in [0.2, 0.25) is 0 Å². The molecule has 2 nitrogen and oxygen atoms in total. The molecular formula is C36H73NO. The molecule has 2 heteroatoms. The standard InChI is InChI=1S/C36H73NO/c1-2-3-4-5-6-7-8-9-12-15-18-21-24-27-30-33-36(38)34-31-28-25-22-19-16-13-10-11-14-17-20-23-26-29-32-35-37/h2-35,37H2,1H3. The molecule has 0 spiro atoms. The SMILES string of the molecule is CCCCCCCCCCCCCCCCCC(=O)CCCCCCCCCCCCCCCCCCN. The summed E-state index contributed by atoms with van der Waals surface area (Å²) in [5, 5.41) is 0. The highest BCUT2D eigenvalue weighted by Gasteiger charge is 2.02. The molecule has 0 heterocycles. The van der Waals surface area contributed by atoms with Gasteiger partial charge < -0.3 is 5.73 Å². The molecule has 0 aliphatic rings. The van der Waals surface area contributed by atoms with Gasteiger partial charge in [0, 0.05) is 12.8 Å². The van der Waals surface area contributed by atoms with E-state index in [0.717, 1.165) is 32.2 Å². The van der Waals surface area contributed by atoms with E-state index in [1.165, 1.54) is 186 Å². The zero-order valence-electron chi connectivity index (χ0n) is 26.5. The summed E-state index contributed by atoms with van der Waals surface area (Å²) in [7, 11) is 0. The van der Waals surface area contributed by atoms with E-state index in [9.17, 15) is 4.79 Å². The molecule has 0 saturated heterocycles. The third kappa shape index (κ3) is 33.7. The predicted molar refractivity (Wildman–Crippen MR) is 172 cm³/mol. The van der Waals surface area contributed by atoms with Gasteiger partial charge in [0.25, 0.3) is 0 Å². The first-order valence-electron chi connectivity index (χ1n) is 18.0.